The number of ether oxygens (including phenoxy) is 6. The van der Waals surface area contributed by atoms with E-state index in [4.69, 9.17) is 28.4 Å². The predicted molar refractivity (Wildman–Crippen MR) is 351 cm³/mol. The average Bonchev–Trinajstić information content (AvgIpc) is 4.50. The van der Waals surface area contributed by atoms with Crippen LogP contribution >= 0.6 is 0 Å². The van der Waals surface area contributed by atoms with Crippen molar-refractivity contribution in [1.82, 2.24) is 40.2 Å². The van der Waals surface area contributed by atoms with Gasteiger partial charge < -0.3 is 44.4 Å². The molecule has 10 aliphatic rings. The molecule has 0 saturated carbocycles. The average molecular weight is 1200 g/mol. The number of para-hydroxylation sites is 2. The van der Waals surface area contributed by atoms with E-state index < -0.39 is 0 Å². The molecule has 3 N–H and O–H groups in total. The monoisotopic (exact) mass is 1200 g/mol. The molecule has 0 fully saturated rings. The lowest BCUT2D eigenvalue weighted by molar-refractivity contribution is 0.171. The molecule has 460 valence electrons. The summed E-state index contributed by atoms with van der Waals surface area (Å²) in [4.78, 5) is 28.9. The van der Waals surface area contributed by atoms with E-state index in [0.29, 0.717) is 19.5 Å². The summed E-state index contributed by atoms with van der Waals surface area (Å²) < 4.78 is 30.6. The predicted octanol–water partition coefficient (Wildman–Crippen LogP) is 13.0. The third-order valence-corrected chi connectivity index (χ3v) is 15.9. The van der Waals surface area contributed by atoms with Crippen LogP contribution in [0.1, 0.15) is 86.5 Å². The number of hydrogen-bond donors (Lipinski definition) is 3. The maximum Gasteiger partial charge on any atom is 0.260 e. The smallest absolute Gasteiger partial charge is 0.260 e. The van der Waals surface area contributed by atoms with Crippen molar-refractivity contribution in [2.75, 3.05) is 50.5 Å². The van der Waals surface area contributed by atoms with Crippen molar-refractivity contribution in [3.8, 4) is 34.8 Å². The molecule has 0 radical (unpaired) electrons. The number of hydrogen-bond acceptors (Lipinski definition) is 16. The highest BCUT2D eigenvalue weighted by Gasteiger charge is 2.16. The second-order valence-corrected chi connectivity index (χ2v) is 22.0. The van der Waals surface area contributed by atoms with Gasteiger partial charge >= 0.3 is 0 Å². The van der Waals surface area contributed by atoms with Crippen molar-refractivity contribution in [3.05, 3.63) is 268 Å². The van der Waals surface area contributed by atoms with Gasteiger partial charge in [0.2, 0.25) is 19.5 Å². The molecule has 0 unspecified atom stereocenters. The first-order valence-corrected chi connectivity index (χ1v) is 31.4. The van der Waals surface area contributed by atoms with Crippen LogP contribution in [0.25, 0.3) is 0 Å². The van der Waals surface area contributed by atoms with Crippen molar-refractivity contribution in [3.63, 3.8) is 0 Å². The third-order valence-electron chi connectivity index (χ3n) is 15.9. The summed E-state index contributed by atoms with van der Waals surface area (Å²) in [6.45, 7) is 6.28. The molecular formula is C74H78N10O6. The van der Waals surface area contributed by atoms with Gasteiger partial charge in [-0.2, -0.15) is 0 Å². The van der Waals surface area contributed by atoms with Gasteiger partial charge in [-0.25, -0.2) is 15.0 Å². The lowest BCUT2D eigenvalue weighted by atomic mass is 10.1. The molecular weight excluding hydrogens is 1120 g/mol. The highest BCUT2D eigenvalue weighted by Crippen LogP contribution is 2.31. The zero-order valence-corrected chi connectivity index (χ0v) is 51.0. The summed E-state index contributed by atoms with van der Waals surface area (Å²) in [5.41, 5.74) is 17.7. The molecule has 16 heteroatoms. The Morgan fingerprint density at radius 2 is 0.767 bits per heavy atom. The Morgan fingerprint density at radius 3 is 1.41 bits per heavy atom. The number of pyridine rings is 7. The Kier molecular flexibility index (Phi) is 22.9. The fourth-order valence-corrected chi connectivity index (χ4v) is 11.3. The zero-order valence-electron chi connectivity index (χ0n) is 51.0. The minimum Gasteiger partial charge on any atom is -0.491 e. The molecule has 0 spiro atoms. The van der Waals surface area contributed by atoms with Crippen molar-refractivity contribution in [2.45, 2.75) is 96.6 Å². The highest BCUT2D eigenvalue weighted by molar-refractivity contribution is 5.51. The van der Waals surface area contributed by atoms with Crippen LogP contribution in [0.5, 0.6) is 34.8 Å². The first kappa shape index (κ1) is 61.7. The second kappa shape index (κ2) is 33.4. The number of nitrogens with one attached hydrogen (secondary N) is 3. The number of nitrogens with zero attached hydrogens (tertiary/aromatic N) is 7. The maximum absolute atomic E-state index is 5.24. The van der Waals surface area contributed by atoms with Gasteiger partial charge in [0.25, 0.3) is 5.88 Å². The highest BCUT2D eigenvalue weighted by atomic mass is 16.7. The van der Waals surface area contributed by atoms with Gasteiger partial charge in [0.05, 0.1) is 36.0 Å². The Labute approximate surface area is 527 Å². The molecule has 3 aromatic carbocycles. The molecule has 7 aromatic heterocycles. The topological polar surface area (TPSA) is 182 Å². The SMILES string of the molecule is c1ccc2c(c1)CCC2.c1ccc2c(c1)CCC2.c1ccc2c(c1)OCO2.c1cnc2c(c1)CCC2.c1cnc2c(c1)CCN2.c1cnc2c(c1)CCO2.c1cnc2c(c1)CNC2.c1cnc2c(c1)NCC2.c1cnc2c(c1)OCC2.c1cnc2c(c1)OCO2. The summed E-state index contributed by atoms with van der Waals surface area (Å²) in [6.07, 6.45) is 28.5. The largest absolute Gasteiger partial charge is 0.491 e. The molecule has 0 bridgehead atoms. The fourth-order valence-electron chi connectivity index (χ4n) is 11.3. The Hall–Kier alpha value is -9.93. The van der Waals surface area contributed by atoms with E-state index in [2.05, 4.69) is 130 Å². The van der Waals surface area contributed by atoms with Crippen molar-refractivity contribution in [1.29, 1.82) is 0 Å². The minimum atomic E-state index is 0.298. The lowest BCUT2D eigenvalue weighted by Crippen LogP contribution is -2.00. The van der Waals surface area contributed by atoms with Crippen LogP contribution in [0.15, 0.2) is 201 Å². The van der Waals surface area contributed by atoms with Crippen LogP contribution < -0.4 is 44.4 Å². The number of aromatic nitrogens is 7. The quantitative estimate of drug-likeness (QED) is 0.130. The number of aryl methyl sites for hydroxylation is 6. The van der Waals surface area contributed by atoms with E-state index >= 15 is 0 Å². The van der Waals surface area contributed by atoms with Crippen LogP contribution in [0.3, 0.4) is 0 Å². The number of rotatable bonds is 0. The summed E-state index contributed by atoms with van der Waals surface area (Å²) in [5.74, 6) is 5.86. The maximum atomic E-state index is 5.24. The van der Waals surface area contributed by atoms with Gasteiger partial charge in [-0.15, -0.1) is 0 Å². The van der Waals surface area contributed by atoms with Crippen LogP contribution in [-0.4, -0.2) is 74.8 Å². The van der Waals surface area contributed by atoms with Crippen LogP contribution in [-0.2, 0) is 77.3 Å². The molecule has 10 aromatic rings. The standard InChI is InChI=1S/2C9H10.C8H9N.3C7H8N2.2C7H7NO.C7H6O2.C6H5NO2/c2*1-2-5-9-7-3-6-8(9)4-1;1-3-7-4-2-6-9-8(7)5-1;1-2-6-7(8-4-1)3-5-9-6;1-2-6-3-5-9-7(6)8-4-1;1-2-6-4-8-5-7(6)9-3-1;1-2-7-6(8-4-1)3-5-9-7;1-2-6-3-5-9-7(6)8-4-1;1-2-4-7-6(3-1)8-5-9-7;1-2-5-6(7-3-1)9-4-8-5/h2*1-2,4-5H,3,6-7H2;2,4,6H,1,3,5H2;1-2,4,9H,3,5H2;1-2,4H,3,5H2,(H,8,9);1-3,8H,4-5H2;2*1-2,4H,3,5H2;1-4H,5H2;1-3H,4H2. The van der Waals surface area contributed by atoms with Crippen LogP contribution in [0.4, 0.5) is 11.5 Å². The zero-order chi connectivity index (χ0) is 61.0. The summed E-state index contributed by atoms with van der Waals surface area (Å²) in [7, 11) is 0. The third kappa shape index (κ3) is 18.1. The van der Waals surface area contributed by atoms with E-state index in [1.165, 1.54) is 103 Å². The Balaban J connectivity index is 0.000000103. The Bertz CT molecular complexity index is 2800. The van der Waals surface area contributed by atoms with E-state index in [1.807, 2.05) is 104 Å². The lowest BCUT2D eigenvalue weighted by Gasteiger charge is -1.93. The van der Waals surface area contributed by atoms with Crippen molar-refractivity contribution < 1.29 is 28.4 Å². The minimum absolute atomic E-state index is 0.298. The molecule has 90 heavy (non-hydrogen) atoms. The van der Waals surface area contributed by atoms with Gasteiger partial charge in [-0.3, -0.25) is 19.9 Å². The van der Waals surface area contributed by atoms with Gasteiger partial charge in [0.1, 0.15) is 11.6 Å². The molecule has 20 rings (SSSR count). The van der Waals surface area contributed by atoms with Gasteiger partial charge in [-0.05, 0) is 176 Å². The van der Waals surface area contributed by atoms with Crippen molar-refractivity contribution in [2.24, 2.45) is 0 Å². The fraction of sp³-hybridized carbons (Fsp3) is 0.284. The molecule has 16 nitrogen and oxygen atoms in total. The summed E-state index contributed by atoms with van der Waals surface area (Å²) >= 11 is 0. The second-order valence-electron chi connectivity index (χ2n) is 22.0. The van der Waals surface area contributed by atoms with E-state index in [9.17, 15) is 0 Å². The van der Waals surface area contributed by atoms with E-state index in [1.54, 1.807) is 40.8 Å². The summed E-state index contributed by atoms with van der Waals surface area (Å²) in [6, 6.07) is 53.0. The first-order chi connectivity index (χ1) is 44.7. The molecule has 3 aliphatic carbocycles. The molecule has 0 saturated heterocycles. The first-order valence-electron chi connectivity index (χ1n) is 31.4. The van der Waals surface area contributed by atoms with Gasteiger partial charge in [-0.1, -0.05) is 84.9 Å². The molecule has 7 aliphatic heterocycles. The van der Waals surface area contributed by atoms with Crippen LogP contribution in [0, 0.1) is 0 Å². The van der Waals surface area contributed by atoms with Crippen molar-refractivity contribution >= 4 is 11.5 Å². The number of benzene rings is 3. The molecule has 14 heterocycles. The van der Waals surface area contributed by atoms with Gasteiger partial charge in [0.15, 0.2) is 17.2 Å². The van der Waals surface area contributed by atoms with Crippen LogP contribution in [0.2, 0.25) is 0 Å². The normalized spacial score (nSPS) is 14.8. The van der Waals surface area contributed by atoms with E-state index in [-0.39, 0.29) is 0 Å². The van der Waals surface area contributed by atoms with E-state index in [0.717, 1.165) is 105 Å². The molecule has 0 amide bonds. The number of anilines is 2. The Morgan fingerprint density at radius 1 is 0.278 bits per heavy atom. The summed E-state index contributed by atoms with van der Waals surface area (Å²) in [5, 5.41) is 9.65. The number of fused-ring (bicyclic) bond motifs is 10. The molecule has 0 atom stereocenters. The van der Waals surface area contributed by atoms with Gasteiger partial charge in [0, 0.05) is 100 Å².